The van der Waals surface area contributed by atoms with Crippen molar-refractivity contribution in [2.24, 2.45) is 5.73 Å². The summed E-state index contributed by atoms with van der Waals surface area (Å²) < 4.78 is 10.5. The van der Waals surface area contributed by atoms with Crippen molar-refractivity contribution in [3.63, 3.8) is 0 Å². The van der Waals surface area contributed by atoms with Crippen LogP contribution in [-0.2, 0) is 11.2 Å². The Morgan fingerprint density at radius 1 is 1.11 bits per heavy atom. The number of carbonyl (C=O) groups excluding carboxylic acids is 2. The monoisotopic (exact) mass is 391 g/mol. The molecule has 2 rings (SSSR count). The van der Waals surface area contributed by atoms with Crippen molar-refractivity contribution in [3.8, 4) is 11.5 Å². The normalized spacial score (nSPS) is 10.2. The Morgan fingerprint density at radius 3 is 2.52 bits per heavy atom. The van der Waals surface area contributed by atoms with Crippen LogP contribution in [0.3, 0.4) is 0 Å². The molecule has 0 heterocycles. The number of hydrogen-bond donors (Lipinski definition) is 3. The Kier molecular flexibility index (Phi) is 7.31. The summed E-state index contributed by atoms with van der Waals surface area (Å²) in [4.78, 5) is 23.5. The number of benzene rings is 2. The fourth-order valence-electron chi connectivity index (χ4n) is 2.54. The van der Waals surface area contributed by atoms with Gasteiger partial charge < -0.3 is 25.8 Å². The highest BCUT2D eigenvalue weighted by molar-refractivity contribution is 6.34. The molecule has 0 unspecified atom stereocenters. The number of carbonyl (C=O) groups is 2. The molecule has 0 aliphatic rings. The van der Waals surface area contributed by atoms with Gasteiger partial charge in [0.05, 0.1) is 31.4 Å². The first-order chi connectivity index (χ1) is 13.0. The van der Waals surface area contributed by atoms with Crippen LogP contribution in [-0.4, -0.2) is 39.1 Å². The lowest BCUT2D eigenvalue weighted by atomic mass is 10.1. The predicted molar refractivity (Wildman–Crippen MR) is 105 cm³/mol. The fraction of sp³-hybridized carbons (Fsp3) is 0.263. The topological polar surface area (TPSA) is 103 Å². The number of halogens is 1. The lowest BCUT2D eigenvalue weighted by Gasteiger charge is -2.12. The van der Waals surface area contributed by atoms with Crippen LogP contribution < -0.4 is 25.8 Å². The van der Waals surface area contributed by atoms with E-state index in [2.05, 4.69) is 10.6 Å². The molecule has 0 saturated carbocycles. The third kappa shape index (κ3) is 5.52. The van der Waals surface area contributed by atoms with E-state index in [4.69, 9.17) is 26.8 Å². The summed E-state index contributed by atoms with van der Waals surface area (Å²) in [7, 11) is 3.15. The molecule has 2 aromatic carbocycles. The average Bonchev–Trinajstić information content (AvgIpc) is 2.65. The number of amides is 2. The summed E-state index contributed by atoms with van der Waals surface area (Å²) in [5, 5.41) is 5.93. The highest BCUT2D eigenvalue weighted by atomic mass is 35.5. The standard InChI is InChI=1S/C19H22ClN3O4/c1-26-15-7-6-12(10-16(15)27-2)8-9-22-17(24)11-23-14-5-3-4-13(20)18(14)19(21)25/h3-7,10,23H,8-9,11H2,1-2H3,(H2,21,25)(H,22,24). The number of rotatable bonds is 9. The first kappa shape index (κ1) is 20.4. The smallest absolute Gasteiger partial charge is 0.252 e. The fourth-order valence-corrected chi connectivity index (χ4v) is 2.81. The van der Waals surface area contributed by atoms with Gasteiger partial charge in [0, 0.05) is 12.2 Å². The quantitative estimate of drug-likeness (QED) is 0.608. The van der Waals surface area contributed by atoms with E-state index >= 15 is 0 Å². The molecule has 27 heavy (non-hydrogen) atoms. The zero-order chi connectivity index (χ0) is 19.8. The van der Waals surface area contributed by atoms with E-state index in [1.807, 2.05) is 18.2 Å². The van der Waals surface area contributed by atoms with E-state index in [1.165, 1.54) is 0 Å². The molecule has 144 valence electrons. The van der Waals surface area contributed by atoms with Crippen molar-refractivity contribution in [1.29, 1.82) is 0 Å². The number of nitrogens with one attached hydrogen (secondary N) is 2. The van der Waals surface area contributed by atoms with Crippen LogP contribution in [0.2, 0.25) is 5.02 Å². The molecular weight excluding hydrogens is 370 g/mol. The third-order valence-corrected chi connectivity index (χ3v) is 4.20. The lowest BCUT2D eigenvalue weighted by molar-refractivity contribution is -0.119. The van der Waals surface area contributed by atoms with Crippen LogP contribution in [0.1, 0.15) is 15.9 Å². The van der Waals surface area contributed by atoms with Gasteiger partial charge in [-0.2, -0.15) is 0 Å². The van der Waals surface area contributed by atoms with Crippen molar-refractivity contribution >= 4 is 29.1 Å². The van der Waals surface area contributed by atoms with Gasteiger partial charge in [-0.15, -0.1) is 0 Å². The lowest BCUT2D eigenvalue weighted by Crippen LogP contribution is -2.32. The summed E-state index contributed by atoms with van der Waals surface area (Å²) in [6.45, 7) is 0.445. The van der Waals surface area contributed by atoms with Crippen molar-refractivity contribution in [2.75, 3.05) is 32.6 Å². The molecular formula is C19H22ClN3O4. The second-order valence-corrected chi connectivity index (χ2v) is 6.08. The van der Waals surface area contributed by atoms with Gasteiger partial charge in [-0.25, -0.2) is 0 Å². The maximum Gasteiger partial charge on any atom is 0.252 e. The Morgan fingerprint density at radius 2 is 1.85 bits per heavy atom. The molecule has 0 spiro atoms. The SMILES string of the molecule is COc1ccc(CCNC(=O)CNc2cccc(Cl)c2C(N)=O)cc1OC. The van der Waals surface area contributed by atoms with Crippen molar-refractivity contribution in [1.82, 2.24) is 5.32 Å². The summed E-state index contributed by atoms with van der Waals surface area (Å²) >= 11 is 5.98. The summed E-state index contributed by atoms with van der Waals surface area (Å²) in [6.07, 6.45) is 0.635. The number of methoxy groups -OCH3 is 2. The van der Waals surface area contributed by atoms with Crippen molar-refractivity contribution < 1.29 is 19.1 Å². The van der Waals surface area contributed by atoms with Gasteiger partial charge in [-0.05, 0) is 36.2 Å². The maximum atomic E-state index is 12.0. The molecule has 0 aliphatic carbocycles. The average molecular weight is 392 g/mol. The molecule has 0 saturated heterocycles. The molecule has 8 heteroatoms. The number of anilines is 1. The summed E-state index contributed by atoms with van der Waals surface area (Å²) in [6, 6.07) is 10.5. The minimum absolute atomic E-state index is 0.00739. The second kappa shape index (κ2) is 9.68. The largest absolute Gasteiger partial charge is 0.493 e. The Balaban J connectivity index is 1.86. The Bertz CT molecular complexity index is 827. The third-order valence-electron chi connectivity index (χ3n) is 3.88. The van der Waals surface area contributed by atoms with E-state index in [1.54, 1.807) is 32.4 Å². The van der Waals surface area contributed by atoms with Crippen molar-refractivity contribution in [3.05, 3.63) is 52.5 Å². The maximum absolute atomic E-state index is 12.0. The molecule has 0 aromatic heterocycles. The molecule has 2 aromatic rings. The van der Waals surface area contributed by atoms with Gasteiger partial charge in [-0.3, -0.25) is 9.59 Å². The zero-order valence-electron chi connectivity index (χ0n) is 15.2. The van der Waals surface area contributed by atoms with Crippen LogP contribution >= 0.6 is 11.6 Å². The second-order valence-electron chi connectivity index (χ2n) is 5.67. The first-order valence-electron chi connectivity index (χ1n) is 8.26. The van der Waals surface area contributed by atoms with Gasteiger partial charge in [-0.1, -0.05) is 23.7 Å². The highest BCUT2D eigenvalue weighted by Gasteiger charge is 2.13. The molecule has 0 fully saturated rings. The minimum Gasteiger partial charge on any atom is -0.493 e. The van der Waals surface area contributed by atoms with Crippen LogP contribution in [0.5, 0.6) is 11.5 Å². The van der Waals surface area contributed by atoms with Gasteiger partial charge in [0.2, 0.25) is 5.91 Å². The van der Waals surface area contributed by atoms with Gasteiger partial charge in [0.1, 0.15) is 0 Å². The molecule has 0 atom stereocenters. The van der Waals surface area contributed by atoms with E-state index in [-0.39, 0.29) is 23.0 Å². The molecule has 4 N–H and O–H groups in total. The van der Waals surface area contributed by atoms with Gasteiger partial charge in [0.25, 0.3) is 5.91 Å². The molecule has 0 bridgehead atoms. The van der Waals surface area contributed by atoms with Crippen LogP contribution in [0.15, 0.2) is 36.4 Å². The Hall–Kier alpha value is -2.93. The molecule has 7 nitrogen and oxygen atoms in total. The van der Waals surface area contributed by atoms with Crippen LogP contribution in [0.25, 0.3) is 0 Å². The van der Waals surface area contributed by atoms with E-state index < -0.39 is 5.91 Å². The summed E-state index contributed by atoms with van der Waals surface area (Å²) in [5.74, 6) is 0.423. The number of hydrogen-bond acceptors (Lipinski definition) is 5. The molecule has 0 radical (unpaired) electrons. The predicted octanol–water partition coefficient (Wildman–Crippen LogP) is 2.23. The number of primary amides is 1. The van der Waals surface area contributed by atoms with Gasteiger partial charge in [0.15, 0.2) is 11.5 Å². The Labute approximate surface area is 162 Å². The van der Waals surface area contributed by atoms with Crippen LogP contribution in [0.4, 0.5) is 5.69 Å². The number of nitrogens with two attached hydrogens (primary N) is 1. The first-order valence-corrected chi connectivity index (χ1v) is 8.63. The minimum atomic E-state index is -0.656. The van der Waals surface area contributed by atoms with E-state index in [9.17, 15) is 9.59 Å². The molecule has 2 amide bonds. The van der Waals surface area contributed by atoms with Crippen molar-refractivity contribution in [2.45, 2.75) is 6.42 Å². The van der Waals surface area contributed by atoms with E-state index in [0.29, 0.717) is 30.2 Å². The van der Waals surface area contributed by atoms with Gasteiger partial charge >= 0.3 is 0 Å². The zero-order valence-corrected chi connectivity index (χ0v) is 15.9. The van der Waals surface area contributed by atoms with Crippen LogP contribution in [0, 0.1) is 0 Å². The highest BCUT2D eigenvalue weighted by Crippen LogP contribution is 2.27. The summed E-state index contributed by atoms with van der Waals surface area (Å²) in [5.41, 5.74) is 6.92. The van der Waals surface area contributed by atoms with E-state index in [0.717, 1.165) is 5.56 Å². The number of ether oxygens (including phenoxy) is 2. The molecule has 0 aliphatic heterocycles.